The van der Waals surface area contributed by atoms with Gasteiger partial charge < -0.3 is 14.6 Å². The first-order chi connectivity index (χ1) is 10.5. The standard InChI is InChI=1S/C17H28O3S2/c1-13(15(18)11-16-21-9-6-10-22-16)7-4-5-8-14-12-19-17(2,3)20-14/h4-5,14-16,18H,1,6-12H2,2-3H3/b5-4+/t14-,15-/m0/s1. The van der Waals surface area contributed by atoms with Crippen LogP contribution in [0.25, 0.3) is 0 Å². The van der Waals surface area contributed by atoms with E-state index in [2.05, 4.69) is 18.7 Å². The van der Waals surface area contributed by atoms with Gasteiger partial charge in [-0.25, -0.2) is 0 Å². The van der Waals surface area contributed by atoms with E-state index in [4.69, 9.17) is 9.47 Å². The minimum Gasteiger partial charge on any atom is -0.389 e. The molecule has 0 spiro atoms. The van der Waals surface area contributed by atoms with Crippen molar-refractivity contribution in [2.24, 2.45) is 0 Å². The molecule has 0 aromatic rings. The highest BCUT2D eigenvalue weighted by molar-refractivity contribution is 8.17. The second kappa shape index (κ2) is 8.78. The van der Waals surface area contributed by atoms with E-state index in [0.29, 0.717) is 11.2 Å². The van der Waals surface area contributed by atoms with E-state index in [1.165, 1.54) is 17.9 Å². The molecule has 5 heteroatoms. The lowest BCUT2D eigenvalue weighted by molar-refractivity contribution is -0.137. The van der Waals surface area contributed by atoms with Gasteiger partial charge in [-0.3, -0.25) is 0 Å². The van der Waals surface area contributed by atoms with Crippen LogP contribution in [0.15, 0.2) is 24.3 Å². The Labute approximate surface area is 142 Å². The molecule has 0 aliphatic carbocycles. The van der Waals surface area contributed by atoms with E-state index < -0.39 is 11.9 Å². The third kappa shape index (κ3) is 6.28. The van der Waals surface area contributed by atoms with Gasteiger partial charge in [-0.2, -0.15) is 0 Å². The van der Waals surface area contributed by atoms with Crippen molar-refractivity contribution in [2.75, 3.05) is 18.1 Å². The van der Waals surface area contributed by atoms with Gasteiger partial charge in [-0.05, 0) is 56.6 Å². The predicted molar refractivity (Wildman–Crippen MR) is 96.4 cm³/mol. The summed E-state index contributed by atoms with van der Waals surface area (Å²) in [6, 6.07) is 0. The van der Waals surface area contributed by atoms with E-state index in [0.717, 1.165) is 24.8 Å². The molecule has 2 aliphatic rings. The van der Waals surface area contributed by atoms with Gasteiger partial charge in [-0.15, -0.1) is 23.5 Å². The third-order valence-electron chi connectivity index (χ3n) is 3.80. The molecule has 3 nitrogen and oxygen atoms in total. The number of thioether (sulfide) groups is 2. The maximum atomic E-state index is 10.2. The zero-order valence-corrected chi connectivity index (χ0v) is 15.3. The molecule has 0 aromatic heterocycles. The molecule has 0 saturated carbocycles. The minimum absolute atomic E-state index is 0.138. The van der Waals surface area contributed by atoms with Crippen LogP contribution in [0.5, 0.6) is 0 Å². The van der Waals surface area contributed by atoms with Crippen LogP contribution in [-0.2, 0) is 9.47 Å². The topological polar surface area (TPSA) is 38.7 Å². The smallest absolute Gasteiger partial charge is 0.163 e. The Hall–Kier alpha value is 0.0600. The minimum atomic E-state index is -0.451. The summed E-state index contributed by atoms with van der Waals surface area (Å²) in [4.78, 5) is 0. The highest BCUT2D eigenvalue weighted by Gasteiger charge is 2.31. The fourth-order valence-electron chi connectivity index (χ4n) is 2.52. The number of hydrogen-bond donors (Lipinski definition) is 1. The maximum Gasteiger partial charge on any atom is 0.163 e. The van der Waals surface area contributed by atoms with E-state index in [1.54, 1.807) is 0 Å². The van der Waals surface area contributed by atoms with Gasteiger partial charge in [0.05, 0.1) is 23.4 Å². The Morgan fingerprint density at radius 3 is 2.73 bits per heavy atom. The molecular formula is C17H28O3S2. The van der Waals surface area contributed by atoms with E-state index in [1.807, 2.05) is 37.4 Å². The summed E-state index contributed by atoms with van der Waals surface area (Å²) in [6.07, 6.45) is 7.63. The molecule has 2 fully saturated rings. The SMILES string of the molecule is C=C(C/C=C/C[C@H]1COC(C)(C)O1)[C@@H](O)CC1SCCCS1. The quantitative estimate of drug-likeness (QED) is 0.707. The Bertz CT molecular complexity index is 389. The molecule has 2 saturated heterocycles. The Morgan fingerprint density at radius 1 is 1.36 bits per heavy atom. The van der Waals surface area contributed by atoms with Crippen molar-refractivity contribution in [3.8, 4) is 0 Å². The van der Waals surface area contributed by atoms with Crippen molar-refractivity contribution in [3.05, 3.63) is 24.3 Å². The Balaban J connectivity index is 1.63. The van der Waals surface area contributed by atoms with Crippen molar-refractivity contribution in [3.63, 3.8) is 0 Å². The molecule has 126 valence electrons. The largest absolute Gasteiger partial charge is 0.389 e. The van der Waals surface area contributed by atoms with Crippen molar-refractivity contribution < 1.29 is 14.6 Å². The van der Waals surface area contributed by atoms with Gasteiger partial charge in [0.2, 0.25) is 0 Å². The highest BCUT2D eigenvalue weighted by atomic mass is 32.2. The molecule has 0 radical (unpaired) electrons. The lowest BCUT2D eigenvalue weighted by Crippen LogP contribution is -2.21. The summed E-state index contributed by atoms with van der Waals surface area (Å²) in [6.45, 7) is 8.57. The zero-order chi connectivity index (χ0) is 16.0. The normalized spacial score (nSPS) is 27.3. The van der Waals surface area contributed by atoms with Crippen LogP contribution in [0, 0.1) is 0 Å². The van der Waals surface area contributed by atoms with Crippen molar-refractivity contribution in [1.29, 1.82) is 0 Å². The molecule has 0 aromatic carbocycles. The summed E-state index contributed by atoms with van der Waals surface area (Å²) in [5, 5.41) is 10.2. The van der Waals surface area contributed by atoms with Gasteiger partial charge in [0.25, 0.3) is 0 Å². The van der Waals surface area contributed by atoms with Crippen molar-refractivity contribution >= 4 is 23.5 Å². The van der Waals surface area contributed by atoms with Crippen LogP contribution in [0.3, 0.4) is 0 Å². The zero-order valence-electron chi connectivity index (χ0n) is 13.6. The van der Waals surface area contributed by atoms with Gasteiger partial charge in [-0.1, -0.05) is 18.7 Å². The van der Waals surface area contributed by atoms with E-state index >= 15 is 0 Å². The molecule has 22 heavy (non-hydrogen) atoms. The third-order valence-corrected chi connectivity index (χ3v) is 6.79. The van der Waals surface area contributed by atoms with Crippen LogP contribution in [0.1, 0.15) is 39.5 Å². The number of aliphatic hydroxyl groups excluding tert-OH is 1. The molecule has 2 rings (SSSR count). The van der Waals surface area contributed by atoms with E-state index in [-0.39, 0.29) is 6.10 Å². The average molecular weight is 345 g/mol. The fraction of sp³-hybridized carbons (Fsp3) is 0.765. The molecule has 0 amide bonds. The number of hydrogen-bond acceptors (Lipinski definition) is 5. The number of aliphatic hydroxyl groups is 1. The van der Waals surface area contributed by atoms with Crippen molar-refractivity contribution in [1.82, 2.24) is 0 Å². The molecule has 2 heterocycles. The molecular weight excluding hydrogens is 316 g/mol. The average Bonchev–Trinajstić information content (AvgIpc) is 2.83. The summed E-state index contributed by atoms with van der Waals surface area (Å²) in [5.74, 6) is 1.99. The monoisotopic (exact) mass is 344 g/mol. The van der Waals surface area contributed by atoms with Crippen LogP contribution in [0.4, 0.5) is 0 Å². The maximum absolute atomic E-state index is 10.2. The molecule has 0 bridgehead atoms. The Kier molecular flexibility index (Phi) is 7.35. The Morgan fingerprint density at radius 2 is 2.09 bits per heavy atom. The first-order valence-corrected chi connectivity index (χ1v) is 10.1. The first-order valence-electron chi connectivity index (χ1n) is 8.02. The number of allylic oxidation sites excluding steroid dienone is 1. The molecule has 1 N–H and O–H groups in total. The van der Waals surface area contributed by atoms with Gasteiger partial charge in [0.15, 0.2) is 5.79 Å². The fourth-order valence-corrected chi connectivity index (χ4v) is 5.45. The van der Waals surface area contributed by atoms with Gasteiger partial charge in [0.1, 0.15) is 0 Å². The molecule has 2 aliphatic heterocycles. The number of rotatable bonds is 7. The van der Waals surface area contributed by atoms with Crippen LogP contribution < -0.4 is 0 Å². The van der Waals surface area contributed by atoms with E-state index in [9.17, 15) is 5.11 Å². The number of ether oxygens (including phenoxy) is 2. The first kappa shape index (κ1) is 18.4. The second-order valence-corrected chi connectivity index (χ2v) is 9.22. The highest BCUT2D eigenvalue weighted by Crippen LogP contribution is 2.34. The van der Waals surface area contributed by atoms with Crippen molar-refractivity contribution in [2.45, 2.75) is 62.1 Å². The summed E-state index contributed by atoms with van der Waals surface area (Å²) >= 11 is 3.93. The summed E-state index contributed by atoms with van der Waals surface area (Å²) in [7, 11) is 0. The van der Waals surface area contributed by atoms with Gasteiger partial charge >= 0.3 is 0 Å². The lowest BCUT2D eigenvalue weighted by atomic mass is 10.1. The molecule has 2 atom stereocenters. The molecule has 0 unspecified atom stereocenters. The van der Waals surface area contributed by atoms with Crippen LogP contribution >= 0.6 is 23.5 Å². The summed E-state index contributed by atoms with van der Waals surface area (Å²) < 4.78 is 11.8. The predicted octanol–water partition coefficient (Wildman–Crippen LogP) is 3.98. The lowest BCUT2D eigenvalue weighted by Gasteiger charge is -2.23. The van der Waals surface area contributed by atoms with Crippen LogP contribution in [0.2, 0.25) is 0 Å². The summed E-state index contributed by atoms with van der Waals surface area (Å²) in [5.41, 5.74) is 0.909. The van der Waals surface area contributed by atoms with Gasteiger partial charge in [0, 0.05) is 0 Å². The second-order valence-electron chi connectivity index (χ2n) is 6.30. The van der Waals surface area contributed by atoms with Crippen LogP contribution in [-0.4, -0.2) is 45.8 Å².